The molecule has 1 unspecified atom stereocenters. The number of likely N-dealkylation sites (tertiary alicyclic amines) is 1. The van der Waals surface area contributed by atoms with Gasteiger partial charge in [-0.1, -0.05) is 0 Å². The molecule has 1 N–H and O–H groups in total. The molecule has 0 bridgehead atoms. The SMILES string of the molecule is CCN(CC)C(=O)CCCC(=O)N1CCC2(CC1)CC2C(=O)O. The quantitative estimate of drug-likeness (QED) is 0.774. The van der Waals surface area contributed by atoms with E-state index in [4.69, 9.17) is 5.11 Å². The van der Waals surface area contributed by atoms with Gasteiger partial charge in [0.2, 0.25) is 11.8 Å². The van der Waals surface area contributed by atoms with E-state index in [1.54, 1.807) is 4.90 Å². The zero-order valence-electron chi connectivity index (χ0n) is 14.2. The van der Waals surface area contributed by atoms with Crippen molar-refractivity contribution in [2.75, 3.05) is 26.2 Å². The van der Waals surface area contributed by atoms with Crippen molar-refractivity contribution in [3.8, 4) is 0 Å². The van der Waals surface area contributed by atoms with Gasteiger partial charge in [-0.2, -0.15) is 0 Å². The van der Waals surface area contributed by atoms with Crippen molar-refractivity contribution in [2.24, 2.45) is 11.3 Å². The number of amides is 2. The van der Waals surface area contributed by atoms with Crippen LogP contribution in [-0.2, 0) is 14.4 Å². The second-order valence-corrected chi connectivity index (χ2v) is 6.76. The highest BCUT2D eigenvalue weighted by atomic mass is 16.4. The largest absolute Gasteiger partial charge is 0.481 e. The lowest BCUT2D eigenvalue weighted by molar-refractivity contribution is -0.140. The van der Waals surface area contributed by atoms with Crippen LogP contribution in [0.25, 0.3) is 0 Å². The van der Waals surface area contributed by atoms with Gasteiger partial charge in [-0.3, -0.25) is 14.4 Å². The molecule has 2 fully saturated rings. The minimum Gasteiger partial charge on any atom is -0.481 e. The standard InChI is InChI=1S/C17H28N2O4/c1-3-18(4-2)14(20)6-5-7-15(21)19-10-8-17(9-11-19)12-13(17)16(22)23/h13H,3-12H2,1-2H3,(H,22,23). The van der Waals surface area contributed by atoms with Gasteiger partial charge in [0.05, 0.1) is 5.92 Å². The number of piperidine rings is 1. The molecule has 1 aliphatic heterocycles. The molecule has 6 heteroatoms. The number of carboxylic acid groups (broad SMARTS) is 1. The maximum atomic E-state index is 12.2. The van der Waals surface area contributed by atoms with Crippen LogP contribution < -0.4 is 0 Å². The fraction of sp³-hybridized carbons (Fsp3) is 0.824. The summed E-state index contributed by atoms with van der Waals surface area (Å²) in [6, 6.07) is 0. The highest BCUT2D eigenvalue weighted by Crippen LogP contribution is 2.59. The van der Waals surface area contributed by atoms with Crippen LogP contribution in [0.1, 0.15) is 52.4 Å². The van der Waals surface area contributed by atoms with Crippen molar-refractivity contribution in [1.82, 2.24) is 9.80 Å². The van der Waals surface area contributed by atoms with E-state index < -0.39 is 5.97 Å². The molecule has 1 spiro atoms. The third kappa shape index (κ3) is 4.03. The topological polar surface area (TPSA) is 77.9 Å². The van der Waals surface area contributed by atoms with Crippen LogP contribution in [0, 0.1) is 11.3 Å². The molecule has 2 amide bonds. The maximum Gasteiger partial charge on any atom is 0.307 e. The molecule has 2 rings (SSSR count). The Bertz CT molecular complexity index is 465. The van der Waals surface area contributed by atoms with Gasteiger partial charge in [-0.15, -0.1) is 0 Å². The summed E-state index contributed by atoms with van der Waals surface area (Å²) in [7, 11) is 0. The lowest BCUT2D eigenvalue weighted by Gasteiger charge is -2.32. The van der Waals surface area contributed by atoms with Crippen LogP contribution in [0.2, 0.25) is 0 Å². The van der Waals surface area contributed by atoms with Crippen molar-refractivity contribution < 1.29 is 19.5 Å². The average Bonchev–Trinajstić information content (AvgIpc) is 3.23. The van der Waals surface area contributed by atoms with Gasteiger partial charge in [0.1, 0.15) is 0 Å². The van der Waals surface area contributed by atoms with Crippen molar-refractivity contribution in [3.05, 3.63) is 0 Å². The van der Waals surface area contributed by atoms with Crippen molar-refractivity contribution in [3.63, 3.8) is 0 Å². The molecule has 1 aliphatic carbocycles. The molecule has 0 aromatic carbocycles. The number of aliphatic carboxylic acids is 1. The Morgan fingerprint density at radius 2 is 1.74 bits per heavy atom. The van der Waals surface area contributed by atoms with Gasteiger partial charge in [0.25, 0.3) is 0 Å². The van der Waals surface area contributed by atoms with Gasteiger partial charge in [0.15, 0.2) is 0 Å². The first-order chi connectivity index (χ1) is 10.9. The zero-order chi connectivity index (χ0) is 17.0. The van der Waals surface area contributed by atoms with E-state index >= 15 is 0 Å². The molecular formula is C17H28N2O4. The monoisotopic (exact) mass is 324 g/mol. The molecule has 23 heavy (non-hydrogen) atoms. The Kier molecular flexibility index (Phi) is 5.65. The lowest BCUT2D eigenvalue weighted by Crippen LogP contribution is -2.40. The molecule has 2 aliphatic rings. The molecule has 1 heterocycles. The van der Waals surface area contributed by atoms with Gasteiger partial charge >= 0.3 is 5.97 Å². The summed E-state index contributed by atoms with van der Waals surface area (Å²) in [6.07, 6.45) is 3.78. The predicted octanol–water partition coefficient (Wildman–Crippen LogP) is 1.74. The van der Waals surface area contributed by atoms with Crippen molar-refractivity contribution >= 4 is 17.8 Å². The number of carboxylic acids is 1. The molecule has 0 aromatic heterocycles. The fourth-order valence-corrected chi connectivity index (χ4v) is 3.73. The smallest absolute Gasteiger partial charge is 0.307 e. The van der Waals surface area contributed by atoms with E-state index in [0.717, 1.165) is 19.3 Å². The lowest BCUT2D eigenvalue weighted by atomic mass is 9.90. The van der Waals surface area contributed by atoms with E-state index in [9.17, 15) is 14.4 Å². The van der Waals surface area contributed by atoms with Gasteiger partial charge in [0, 0.05) is 39.0 Å². The van der Waals surface area contributed by atoms with Crippen LogP contribution >= 0.6 is 0 Å². The van der Waals surface area contributed by atoms with Gasteiger partial charge < -0.3 is 14.9 Å². The Morgan fingerprint density at radius 3 is 2.22 bits per heavy atom. The summed E-state index contributed by atoms with van der Waals surface area (Å²) in [4.78, 5) is 38.8. The number of nitrogens with zero attached hydrogens (tertiary/aromatic N) is 2. The summed E-state index contributed by atoms with van der Waals surface area (Å²) < 4.78 is 0. The Labute approximate surface area is 137 Å². The minimum absolute atomic E-state index is 0.0403. The zero-order valence-corrected chi connectivity index (χ0v) is 14.2. The van der Waals surface area contributed by atoms with Crippen LogP contribution in [0.4, 0.5) is 0 Å². The number of carbonyl (C=O) groups excluding carboxylic acids is 2. The highest BCUT2D eigenvalue weighted by Gasteiger charge is 2.59. The third-order valence-electron chi connectivity index (χ3n) is 5.50. The van der Waals surface area contributed by atoms with E-state index in [0.29, 0.717) is 45.4 Å². The average molecular weight is 324 g/mol. The summed E-state index contributed by atoms with van der Waals surface area (Å²) >= 11 is 0. The Morgan fingerprint density at radius 1 is 1.13 bits per heavy atom. The second kappa shape index (κ2) is 7.32. The molecule has 1 saturated carbocycles. The maximum absolute atomic E-state index is 12.2. The Balaban J connectivity index is 1.68. The first-order valence-corrected chi connectivity index (χ1v) is 8.72. The first-order valence-electron chi connectivity index (χ1n) is 8.72. The number of carbonyl (C=O) groups is 3. The molecule has 0 aromatic rings. The molecule has 0 radical (unpaired) electrons. The van der Waals surface area contributed by atoms with E-state index in [1.807, 2.05) is 18.7 Å². The van der Waals surface area contributed by atoms with Crippen LogP contribution in [-0.4, -0.2) is 58.9 Å². The number of hydrogen-bond donors (Lipinski definition) is 1. The summed E-state index contributed by atoms with van der Waals surface area (Å²) in [5.41, 5.74) is -0.0403. The van der Waals surface area contributed by atoms with Crippen molar-refractivity contribution in [2.45, 2.75) is 52.4 Å². The van der Waals surface area contributed by atoms with E-state index in [1.165, 1.54) is 0 Å². The Hall–Kier alpha value is -1.59. The fourth-order valence-electron chi connectivity index (χ4n) is 3.73. The van der Waals surface area contributed by atoms with Crippen LogP contribution in [0.3, 0.4) is 0 Å². The molecular weight excluding hydrogens is 296 g/mol. The first kappa shape index (κ1) is 17.8. The molecule has 130 valence electrons. The third-order valence-corrected chi connectivity index (χ3v) is 5.50. The van der Waals surface area contributed by atoms with E-state index in [-0.39, 0.29) is 23.1 Å². The van der Waals surface area contributed by atoms with Crippen LogP contribution in [0.5, 0.6) is 0 Å². The number of hydrogen-bond acceptors (Lipinski definition) is 3. The molecule has 6 nitrogen and oxygen atoms in total. The second-order valence-electron chi connectivity index (χ2n) is 6.76. The van der Waals surface area contributed by atoms with Gasteiger partial charge in [-0.05, 0) is 44.9 Å². The predicted molar refractivity (Wildman–Crippen MR) is 85.8 cm³/mol. The highest BCUT2D eigenvalue weighted by molar-refractivity contribution is 5.79. The molecule has 1 atom stereocenters. The summed E-state index contributed by atoms with van der Waals surface area (Å²) in [5.74, 6) is -0.687. The number of rotatable bonds is 7. The van der Waals surface area contributed by atoms with Crippen molar-refractivity contribution in [1.29, 1.82) is 0 Å². The minimum atomic E-state index is -0.695. The normalized spacial score (nSPS) is 22.0. The van der Waals surface area contributed by atoms with Crippen LogP contribution in [0.15, 0.2) is 0 Å². The van der Waals surface area contributed by atoms with Gasteiger partial charge in [-0.25, -0.2) is 0 Å². The molecule has 1 saturated heterocycles. The summed E-state index contributed by atoms with van der Waals surface area (Å²) in [5, 5.41) is 9.08. The van der Waals surface area contributed by atoms with E-state index in [2.05, 4.69) is 0 Å². The summed E-state index contributed by atoms with van der Waals surface area (Å²) in [6.45, 7) is 6.65.